The zero-order valence-corrected chi connectivity index (χ0v) is 25.2. The molecular formula is C38H30F8O. The predicted molar refractivity (Wildman–Crippen MR) is 167 cm³/mol. The molecule has 0 aliphatic rings. The van der Waals surface area contributed by atoms with Crippen molar-refractivity contribution >= 4 is 0 Å². The number of halogens is 8. The van der Waals surface area contributed by atoms with Crippen LogP contribution in [0.4, 0.5) is 35.1 Å². The molecule has 0 aromatic heterocycles. The third-order valence-electron chi connectivity index (χ3n) is 7.90. The normalized spacial score (nSPS) is 12.0. The summed E-state index contributed by atoms with van der Waals surface area (Å²) in [6.45, 7) is 2.15. The van der Waals surface area contributed by atoms with Crippen LogP contribution in [0.25, 0.3) is 33.4 Å². The Kier molecular flexibility index (Phi) is 10.0. The maximum atomic E-state index is 15.2. The average molecular weight is 655 g/mol. The summed E-state index contributed by atoms with van der Waals surface area (Å²) in [6.07, 6.45) is -3.46. The summed E-state index contributed by atoms with van der Waals surface area (Å²) in [4.78, 5) is 0. The van der Waals surface area contributed by atoms with Crippen LogP contribution < -0.4 is 4.74 Å². The molecule has 5 aromatic carbocycles. The van der Waals surface area contributed by atoms with Crippen LogP contribution in [0.1, 0.15) is 42.9 Å². The van der Waals surface area contributed by atoms with E-state index in [1.54, 1.807) is 12.1 Å². The van der Waals surface area contributed by atoms with Crippen molar-refractivity contribution in [1.29, 1.82) is 0 Å². The molecule has 0 atom stereocenters. The second-order valence-corrected chi connectivity index (χ2v) is 11.2. The summed E-state index contributed by atoms with van der Waals surface area (Å²) in [7, 11) is 0. The minimum atomic E-state index is -4.44. The Hall–Kier alpha value is -4.66. The molecule has 0 spiro atoms. The van der Waals surface area contributed by atoms with Crippen LogP contribution in [-0.4, -0.2) is 6.43 Å². The number of hydrogen-bond donors (Lipinski definition) is 0. The number of rotatable bonds is 12. The van der Waals surface area contributed by atoms with Crippen LogP contribution in [0.3, 0.4) is 0 Å². The molecule has 0 saturated heterocycles. The van der Waals surface area contributed by atoms with Crippen LogP contribution in [0.2, 0.25) is 0 Å². The summed E-state index contributed by atoms with van der Waals surface area (Å²) in [5.41, 5.74) is 1.98. The Morgan fingerprint density at radius 3 is 1.66 bits per heavy atom. The molecule has 0 aliphatic heterocycles. The van der Waals surface area contributed by atoms with Gasteiger partial charge in [0.2, 0.25) is 0 Å². The third-order valence-corrected chi connectivity index (χ3v) is 7.90. The first-order valence-corrected chi connectivity index (χ1v) is 15.0. The molecule has 0 amide bonds. The van der Waals surface area contributed by atoms with Gasteiger partial charge in [-0.2, -0.15) is 17.6 Å². The van der Waals surface area contributed by atoms with Crippen molar-refractivity contribution in [1.82, 2.24) is 0 Å². The van der Waals surface area contributed by atoms with Crippen molar-refractivity contribution in [3.63, 3.8) is 0 Å². The molecule has 1 nitrogen and oxygen atoms in total. The Labute approximate surface area is 267 Å². The van der Waals surface area contributed by atoms with Gasteiger partial charge in [0.15, 0.2) is 0 Å². The monoisotopic (exact) mass is 654 g/mol. The van der Waals surface area contributed by atoms with Gasteiger partial charge in [-0.05, 0) is 89.2 Å². The van der Waals surface area contributed by atoms with Gasteiger partial charge in [0.1, 0.15) is 17.4 Å². The van der Waals surface area contributed by atoms with E-state index in [2.05, 4.69) is 11.7 Å². The minimum absolute atomic E-state index is 0.0936. The van der Waals surface area contributed by atoms with E-state index in [4.69, 9.17) is 0 Å². The molecule has 5 rings (SSSR count). The van der Waals surface area contributed by atoms with Gasteiger partial charge in [0.05, 0.1) is 5.56 Å². The average Bonchev–Trinajstić information content (AvgIpc) is 3.05. The lowest BCUT2D eigenvalue weighted by Gasteiger charge is -2.20. The van der Waals surface area contributed by atoms with Gasteiger partial charge in [-0.15, -0.1) is 0 Å². The fourth-order valence-electron chi connectivity index (χ4n) is 5.21. The highest BCUT2D eigenvalue weighted by molar-refractivity contribution is 5.74. The summed E-state index contributed by atoms with van der Waals surface area (Å²) in [5, 5.41) is 0. The largest absolute Gasteiger partial charge is 0.429 e. The van der Waals surface area contributed by atoms with E-state index in [9.17, 15) is 26.3 Å². The molecule has 9 heteroatoms. The van der Waals surface area contributed by atoms with Gasteiger partial charge < -0.3 is 4.74 Å². The van der Waals surface area contributed by atoms with Gasteiger partial charge in [-0.1, -0.05) is 80.4 Å². The third kappa shape index (κ3) is 7.67. The number of hydrogen-bond acceptors (Lipinski definition) is 1. The highest BCUT2D eigenvalue weighted by Gasteiger charge is 2.43. The van der Waals surface area contributed by atoms with Crippen molar-refractivity contribution in [2.75, 3.05) is 0 Å². The van der Waals surface area contributed by atoms with E-state index in [-0.39, 0.29) is 16.7 Å². The molecule has 0 radical (unpaired) electrons. The van der Waals surface area contributed by atoms with E-state index in [0.717, 1.165) is 49.1 Å². The molecule has 0 fully saturated rings. The van der Waals surface area contributed by atoms with Crippen LogP contribution in [0.15, 0.2) is 109 Å². The van der Waals surface area contributed by atoms with Gasteiger partial charge >= 0.3 is 18.5 Å². The zero-order chi connectivity index (χ0) is 33.8. The maximum Gasteiger partial charge on any atom is 0.426 e. The number of unbranched alkanes of at least 4 members (excludes halogenated alkanes) is 2. The molecule has 0 unspecified atom stereocenters. The molecule has 0 heterocycles. The van der Waals surface area contributed by atoms with Crippen LogP contribution in [-0.2, 0) is 18.5 Å². The molecule has 0 N–H and O–H groups in total. The van der Waals surface area contributed by atoms with Crippen LogP contribution in [0.5, 0.6) is 5.75 Å². The van der Waals surface area contributed by atoms with Crippen LogP contribution in [0, 0.1) is 11.6 Å². The molecule has 0 saturated carbocycles. The molecule has 47 heavy (non-hydrogen) atoms. The fourth-order valence-corrected chi connectivity index (χ4v) is 5.21. The lowest BCUT2D eigenvalue weighted by Crippen LogP contribution is -2.24. The van der Waals surface area contributed by atoms with E-state index < -0.39 is 47.0 Å². The summed E-state index contributed by atoms with van der Waals surface area (Å²) >= 11 is 0. The zero-order valence-electron chi connectivity index (χ0n) is 25.2. The van der Waals surface area contributed by atoms with Crippen molar-refractivity contribution < 1.29 is 39.9 Å². The Morgan fingerprint density at radius 2 is 1.09 bits per heavy atom. The summed E-state index contributed by atoms with van der Waals surface area (Å²) in [5.74, 6) is -6.18. The molecule has 0 bridgehead atoms. The van der Waals surface area contributed by atoms with Crippen LogP contribution >= 0.6 is 0 Å². The fraction of sp³-hybridized carbons (Fsp3) is 0.211. The SMILES string of the molecule is CCCCCc1ccc(-c2ccc(-c3ccc(-c4ccc(C(F)(F)Oc5ccc(C(F)(F)C(F)F)cc5)cc4)c(F)c3)c(F)c2)cc1. The summed E-state index contributed by atoms with van der Waals surface area (Å²) < 4.78 is 117. The van der Waals surface area contributed by atoms with Gasteiger partial charge in [-0.3, -0.25) is 0 Å². The van der Waals surface area contributed by atoms with Gasteiger partial charge in [0, 0.05) is 16.7 Å². The lowest BCUT2D eigenvalue weighted by atomic mass is 9.96. The Bertz CT molecular complexity index is 1800. The van der Waals surface area contributed by atoms with Crippen molar-refractivity contribution in [3.05, 3.63) is 138 Å². The molecule has 5 aromatic rings. The van der Waals surface area contributed by atoms with E-state index in [1.807, 2.05) is 24.3 Å². The minimum Gasteiger partial charge on any atom is -0.429 e. The number of benzene rings is 5. The lowest BCUT2D eigenvalue weighted by molar-refractivity contribution is -0.185. The number of aryl methyl sites for hydroxylation is 1. The molecule has 0 aliphatic carbocycles. The molecular weight excluding hydrogens is 624 g/mol. The Morgan fingerprint density at radius 1 is 0.574 bits per heavy atom. The second-order valence-electron chi connectivity index (χ2n) is 11.2. The smallest absolute Gasteiger partial charge is 0.426 e. The maximum absolute atomic E-state index is 15.2. The highest BCUT2D eigenvalue weighted by Crippen LogP contribution is 2.38. The van der Waals surface area contributed by atoms with Gasteiger partial charge in [-0.25, -0.2) is 17.6 Å². The standard InChI is InChI=1S/C38H30F8O/c1-2-3-4-5-24-6-8-25(9-7-24)27-12-20-33(34(39)22-27)28-13-21-32(35(40)23-28)26-10-14-30(15-11-26)38(45,46)47-31-18-16-29(17-19-31)37(43,44)36(41)42/h6-23,36H,2-5H2,1H3. The molecule has 244 valence electrons. The number of ether oxygens (including phenoxy) is 1. The highest BCUT2D eigenvalue weighted by atomic mass is 19.3. The first kappa shape index (κ1) is 33.7. The van der Waals surface area contributed by atoms with Gasteiger partial charge in [0.25, 0.3) is 0 Å². The van der Waals surface area contributed by atoms with Crippen molar-refractivity contribution in [2.24, 2.45) is 0 Å². The quantitative estimate of drug-likeness (QED) is 0.0961. The second kappa shape index (κ2) is 14.0. The number of alkyl halides is 6. The van der Waals surface area contributed by atoms with E-state index >= 15 is 8.78 Å². The van der Waals surface area contributed by atoms with E-state index in [0.29, 0.717) is 23.3 Å². The predicted octanol–water partition coefficient (Wildman–Crippen LogP) is 12.2. The van der Waals surface area contributed by atoms with Crippen molar-refractivity contribution in [2.45, 2.75) is 51.1 Å². The first-order valence-electron chi connectivity index (χ1n) is 15.0. The first-order chi connectivity index (χ1) is 22.4. The topological polar surface area (TPSA) is 9.23 Å². The Balaban J connectivity index is 1.28. The summed E-state index contributed by atoms with van der Waals surface area (Å²) in [6, 6.07) is 24.1. The van der Waals surface area contributed by atoms with E-state index in [1.165, 1.54) is 48.4 Å². The van der Waals surface area contributed by atoms with Crippen molar-refractivity contribution in [3.8, 4) is 39.1 Å².